The number of ether oxygens (including phenoxy) is 2. The molecule has 0 fully saturated rings. The van der Waals surface area contributed by atoms with E-state index < -0.39 is 11.8 Å². The molecular weight excluding hydrogens is 287 g/mol. The number of aromatic nitrogens is 1. The molecule has 0 atom stereocenters. The number of rotatable bonds is 5. The van der Waals surface area contributed by atoms with Gasteiger partial charge in [-0.05, 0) is 36.8 Å². The first-order chi connectivity index (χ1) is 10.6. The zero-order chi connectivity index (χ0) is 15.9. The van der Waals surface area contributed by atoms with Crippen LogP contribution in [0.5, 0.6) is 11.5 Å². The highest BCUT2D eigenvalue weighted by Gasteiger charge is 2.13. The average molecular weight is 300 g/mol. The molecule has 0 aliphatic carbocycles. The van der Waals surface area contributed by atoms with E-state index in [4.69, 9.17) is 14.7 Å². The zero-order valence-electron chi connectivity index (χ0n) is 11.9. The third kappa shape index (κ3) is 3.79. The molecule has 0 aliphatic rings. The summed E-state index contributed by atoms with van der Waals surface area (Å²) in [5.74, 6) is -1.28. The van der Waals surface area contributed by atoms with Crippen molar-refractivity contribution in [1.82, 2.24) is 4.98 Å². The molecule has 112 valence electrons. The quantitative estimate of drug-likeness (QED) is 0.626. The van der Waals surface area contributed by atoms with Gasteiger partial charge in [0.2, 0.25) is 0 Å². The zero-order valence-corrected chi connectivity index (χ0v) is 11.9. The number of nitrogens with zero attached hydrogens (tertiary/aromatic N) is 2. The molecule has 2 rings (SSSR count). The number of hydrogen-bond acceptors (Lipinski definition) is 5. The number of esters is 1. The molecule has 0 radical (unpaired) electrons. The van der Waals surface area contributed by atoms with Gasteiger partial charge in [0.25, 0.3) is 0 Å². The summed E-state index contributed by atoms with van der Waals surface area (Å²) in [7, 11) is 0. The van der Waals surface area contributed by atoms with Crippen molar-refractivity contribution in [3.05, 3.63) is 53.6 Å². The standard InChI is InChI=1S/C16H13FN2O3/c1-2-7-21-12-4-5-14(19-10-12)16(20)22-15-6-3-11(9-18)8-13(15)17/h3-6,8,10H,2,7H2,1H3. The predicted molar refractivity (Wildman–Crippen MR) is 76.1 cm³/mol. The summed E-state index contributed by atoms with van der Waals surface area (Å²) in [6.07, 6.45) is 2.27. The molecule has 0 aliphatic heterocycles. The number of halogens is 1. The summed E-state index contributed by atoms with van der Waals surface area (Å²) in [5.41, 5.74) is 0.181. The van der Waals surface area contributed by atoms with E-state index in [2.05, 4.69) is 4.98 Å². The van der Waals surface area contributed by atoms with Crippen molar-refractivity contribution < 1.29 is 18.7 Å². The lowest BCUT2D eigenvalue weighted by atomic mass is 10.2. The number of pyridine rings is 1. The van der Waals surface area contributed by atoms with Crippen molar-refractivity contribution >= 4 is 5.97 Å². The Morgan fingerprint density at radius 2 is 2.18 bits per heavy atom. The Kier molecular flexibility index (Phi) is 5.04. The molecule has 0 bridgehead atoms. The monoisotopic (exact) mass is 300 g/mol. The summed E-state index contributed by atoms with van der Waals surface area (Å²) in [6, 6.07) is 8.41. The number of carbonyl (C=O) groups is 1. The van der Waals surface area contributed by atoms with Gasteiger partial charge in [0.15, 0.2) is 11.6 Å². The van der Waals surface area contributed by atoms with Crippen LogP contribution in [0.25, 0.3) is 0 Å². The van der Waals surface area contributed by atoms with Crippen LogP contribution >= 0.6 is 0 Å². The maximum absolute atomic E-state index is 13.6. The Morgan fingerprint density at radius 3 is 2.77 bits per heavy atom. The van der Waals surface area contributed by atoms with Crippen LogP contribution in [-0.2, 0) is 0 Å². The molecule has 5 nitrogen and oxygen atoms in total. The van der Waals surface area contributed by atoms with E-state index in [0.29, 0.717) is 12.4 Å². The summed E-state index contributed by atoms with van der Waals surface area (Å²) < 4.78 is 23.9. The number of hydrogen-bond donors (Lipinski definition) is 0. The van der Waals surface area contributed by atoms with Crippen molar-refractivity contribution in [2.45, 2.75) is 13.3 Å². The van der Waals surface area contributed by atoms with E-state index in [1.807, 2.05) is 6.92 Å². The fourth-order valence-electron chi connectivity index (χ4n) is 1.61. The Balaban J connectivity index is 2.07. The topological polar surface area (TPSA) is 72.2 Å². The Morgan fingerprint density at radius 1 is 1.36 bits per heavy atom. The normalized spacial score (nSPS) is 9.86. The van der Waals surface area contributed by atoms with Crippen molar-refractivity contribution in [3.63, 3.8) is 0 Å². The largest absolute Gasteiger partial charge is 0.492 e. The van der Waals surface area contributed by atoms with Crippen molar-refractivity contribution in [1.29, 1.82) is 5.26 Å². The van der Waals surface area contributed by atoms with Crippen LogP contribution in [-0.4, -0.2) is 17.6 Å². The first-order valence-corrected chi connectivity index (χ1v) is 6.64. The minimum atomic E-state index is -0.786. The van der Waals surface area contributed by atoms with Gasteiger partial charge in [0, 0.05) is 0 Å². The predicted octanol–water partition coefficient (Wildman–Crippen LogP) is 3.10. The third-order valence-electron chi connectivity index (χ3n) is 2.68. The molecule has 0 amide bonds. The van der Waals surface area contributed by atoms with E-state index in [-0.39, 0.29) is 17.0 Å². The lowest BCUT2D eigenvalue weighted by Gasteiger charge is -2.06. The van der Waals surface area contributed by atoms with Crippen LogP contribution in [0.3, 0.4) is 0 Å². The van der Waals surface area contributed by atoms with Gasteiger partial charge in [-0.3, -0.25) is 0 Å². The maximum atomic E-state index is 13.6. The summed E-state index contributed by atoms with van der Waals surface area (Å²) in [4.78, 5) is 15.8. The number of nitriles is 1. The lowest BCUT2D eigenvalue weighted by molar-refractivity contribution is 0.0721. The molecule has 22 heavy (non-hydrogen) atoms. The summed E-state index contributed by atoms with van der Waals surface area (Å²) in [6.45, 7) is 2.53. The lowest BCUT2D eigenvalue weighted by Crippen LogP contribution is -2.11. The van der Waals surface area contributed by atoms with E-state index in [9.17, 15) is 9.18 Å². The third-order valence-corrected chi connectivity index (χ3v) is 2.68. The Hall–Kier alpha value is -2.94. The molecule has 2 aromatic rings. The second kappa shape index (κ2) is 7.18. The van der Waals surface area contributed by atoms with Crippen molar-refractivity contribution in [2.24, 2.45) is 0 Å². The van der Waals surface area contributed by atoms with Crippen LogP contribution in [0, 0.1) is 17.1 Å². The second-order valence-electron chi connectivity index (χ2n) is 4.37. The first-order valence-electron chi connectivity index (χ1n) is 6.64. The molecule has 0 saturated carbocycles. The van der Waals surface area contributed by atoms with Gasteiger partial charge in [0.05, 0.1) is 24.4 Å². The van der Waals surface area contributed by atoms with Crippen LogP contribution in [0.1, 0.15) is 29.4 Å². The SMILES string of the molecule is CCCOc1ccc(C(=O)Oc2ccc(C#N)cc2F)nc1. The van der Waals surface area contributed by atoms with Gasteiger partial charge in [-0.25, -0.2) is 14.2 Å². The van der Waals surface area contributed by atoms with Crippen LogP contribution in [0.2, 0.25) is 0 Å². The fourth-order valence-corrected chi connectivity index (χ4v) is 1.61. The minimum Gasteiger partial charge on any atom is -0.492 e. The molecule has 0 unspecified atom stereocenters. The number of carbonyl (C=O) groups excluding carboxylic acids is 1. The first kappa shape index (κ1) is 15.4. The highest BCUT2D eigenvalue weighted by atomic mass is 19.1. The number of benzene rings is 1. The molecule has 0 N–H and O–H groups in total. The highest BCUT2D eigenvalue weighted by molar-refractivity contribution is 5.89. The van der Waals surface area contributed by atoms with Gasteiger partial charge < -0.3 is 9.47 Å². The van der Waals surface area contributed by atoms with Crippen LogP contribution in [0.4, 0.5) is 4.39 Å². The molecule has 6 heteroatoms. The van der Waals surface area contributed by atoms with E-state index in [0.717, 1.165) is 12.5 Å². The average Bonchev–Trinajstić information content (AvgIpc) is 2.55. The van der Waals surface area contributed by atoms with Crippen LogP contribution in [0.15, 0.2) is 36.5 Å². The molecule has 1 aromatic heterocycles. The molecule has 1 aromatic carbocycles. The van der Waals surface area contributed by atoms with E-state index in [1.165, 1.54) is 24.4 Å². The van der Waals surface area contributed by atoms with Crippen LogP contribution < -0.4 is 9.47 Å². The van der Waals surface area contributed by atoms with Crippen molar-refractivity contribution in [3.8, 4) is 17.6 Å². The van der Waals surface area contributed by atoms with Gasteiger partial charge in [0.1, 0.15) is 11.4 Å². The Bertz CT molecular complexity index is 708. The fraction of sp³-hybridized carbons (Fsp3) is 0.188. The van der Waals surface area contributed by atoms with Gasteiger partial charge in [-0.15, -0.1) is 0 Å². The minimum absolute atomic E-state index is 0.0348. The molecule has 1 heterocycles. The van der Waals surface area contributed by atoms with Gasteiger partial charge in [-0.1, -0.05) is 6.92 Å². The smallest absolute Gasteiger partial charge is 0.362 e. The second-order valence-corrected chi connectivity index (χ2v) is 4.37. The molecule has 0 spiro atoms. The van der Waals surface area contributed by atoms with Gasteiger partial charge in [-0.2, -0.15) is 5.26 Å². The molecule has 0 saturated heterocycles. The van der Waals surface area contributed by atoms with Gasteiger partial charge >= 0.3 is 5.97 Å². The summed E-state index contributed by atoms with van der Waals surface area (Å²) in [5, 5.41) is 8.65. The van der Waals surface area contributed by atoms with Crippen molar-refractivity contribution in [2.75, 3.05) is 6.61 Å². The highest BCUT2D eigenvalue weighted by Crippen LogP contribution is 2.19. The maximum Gasteiger partial charge on any atom is 0.362 e. The Labute approximate surface area is 126 Å². The van der Waals surface area contributed by atoms with E-state index in [1.54, 1.807) is 12.1 Å². The molecular formula is C16H13FN2O3. The van der Waals surface area contributed by atoms with E-state index >= 15 is 0 Å². The summed E-state index contributed by atoms with van der Waals surface area (Å²) >= 11 is 0.